The second-order valence-corrected chi connectivity index (χ2v) is 6.64. The van der Waals surface area contributed by atoms with Crippen molar-refractivity contribution in [3.05, 3.63) is 83.3 Å². The van der Waals surface area contributed by atoms with Crippen molar-refractivity contribution in [2.45, 2.75) is 59.3 Å². The van der Waals surface area contributed by atoms with Crippen LogP contribution in [0.1, 0.15) is 70.4 Å². The van der Waals surface area contributed by atoms with Crippen molar-refractivity contribution in [2.75, 3.05) is 6.61 Å². The number of rotatable bonds is 10. The van der Waals surface area contributed by atoms with Gasteiger partial charge >= 0.3 is 0 Å². The van der Waals surface area contributed by atoms with Gasteiger partial charge in [-0.2, -0.15) is 0 Å². The minimum absolute atomic E-state index is 0.361. The summed E-state index contributed by atoms with van der Waals surface area (Å²) in [5, 5.41) is 8.29. The first kappa shape index (κ1) is 23.7. The first-order valence-corrected chi connectivity index (χ1v) is 10.5. The monoisotopic (exact) mass is 380 g/mol. The predicted octanol–water partition coefficient (Wildman–Crippen LogP) is 7.46. The highest BCUT2D eigenvalue weighted by molar-refractivity contribution is 5.54. The summed E-state index contributed by atoms with van der Waals surface area (Å²) in [5.41, 5.74) is 2.34. The summed E-state index contributed by atoms with van der Waals surface area (Å²) in [6.07, 6.45) is 10.6. The first-order valence-electron chi connectivity index (χ1n) is 10.5. The lowest BCUT2D eigenvalue weighted by molar-refractivity contribution is 0.283. The van der Waals surface area contributed by atoms with Crippen LogP contribution in [0.2, 0.25) is 0 Å². The highest BCUT2D eigenvalue weighted by Crippen LogP contribution is 2.19. The molecule has 0 amide bonds. The van der Waals surface area contributed by atoms with Gasteiger partial charge in [0.1, 0.15) is 11.5 Å². The normalized spacial score (nSPS) is 11.6. The Bertz CT molecular complexity index is 613. The van der Waals surface area contributed by atoms with Crippen LogP contribution in [-0.4, -0.2) is 11.7 Å². The molecule has 2 aromatic carbocycles. The third-order valence-corrected chi connectivity index (χ3v) is 4.23. The molecule has 0 spiro atoms. The number of unbranched alkanes of at least 4 members (excludes halogenated alkanes) is 3. The Morgan fingerprint density at radius 2 is 1.18 bits per heavy atom. The van der Waals surface area contributed by atoms with Gasteiger partial charge in [0.15, 0.2) is 0 Å². The van der Waals surface area contributed by atoms with Crippen molar-refractivity contribution in [2.24, 2.45) is 0 Å². The van der Waals surface area contributed by atoms with E-state index in [4.69, 9.17) is 9.84 Å². The summed E-state index contributed by atoms with van der Waals surface area (Å²) >= 11 is 0. The van der Waals surface area contributed by atoms with Crippen LogP contribution in [0.5, 0.6) is 0 Å². The van der Waals surface area contributed by atoms with Gasteiger partial charge in [0.25, 0.3) is 0 Å². The Kier molecular flexibility index (Phi) is 13.3. The average molecular weight is 381 g/mol. The van der Waals surface area contributed by atoms with E-state index in [2.05, 4.69) is 57.2 Å². The molecule has 0 radical (unpaired) electrons. The molecule has 0 aliphatic rings. The molecule has 0 aliphatic carbocycles. The smallest absolute Gasteiger partial charge is 0.104 e. The fourth-order valence-electron chi connectivity index (χ4n) is 2.58. The molecule has 2 nitrogen and oxygen atoms in total. The molecule has 1 N–H and O–H groups in total. The van der Waals surface area contributed by atoms with E-state index in [0.717, 1.165) is 30.8 Å². The quantitative estimate of drug-likeness (QED) is 0.342. The molecule has 2 aromatic rings. The van der Waals surface area contributed by atoms with E-state index in [-0.39, 0.29) is 0 Å². The highest BCUT2D eigenvalue weighted by Gasteiger charge is 2.01. The second-order valence-electron chi connectivity index (χ2n) is 6.64. The van der Waals surface area contributed by atoms with Gasteiger partial charge in [0, 0.05) is 19.4 Å². The van der Waals surface area contributed by atoms with Crippen molar-refractivity contribution in [3.63, 3.8) is 0 Å². The largest absolute Gasteiger partial charge is 0.466 e. The number of aliphatic hydroxyl groups is 1. The molecule has 0 saturated carbocycles. The van der Waals surface area contributed by atoms with Gasteiger partial charge in [0.2, 0.25) is 0 Å². The van der Waals surface area contributed by atoms with Gasteiger partial charge in [0.05, 0.1) is 0 Å². The summed E-state index contributed by atoms with van der Waals surface area (Å²) in [7, 11) is 0. The van der Waals surface area contributed by atoms with Crippen molar-refractivity contribution >= 4 is 12.2 Å². The van der Waals surface area contributed by atoms with Crippen molar-refractivity contribution < 1.29 is 9.84 Å². The van der Waals surface area contributed by atoms with Crippen LogP contribution < -0.4 is 0 Å². The maximum atomic E-state index is 8.29. The number of hydrogen-bond donors (Lipinski definition) is 1. The van der Waals surface area contributed by atoms with Gasteiger partial charge in [-0.05, 0) is 29.7 Å². The molecule has 0 bridgehead atoms. The molecule has 0 atom stereocenters. The average Bonchev–Trinajstić information content (AvgIpc) is 2.75. The zero-order valence-corrected chi connectivity index (χ0v) is 17.7. The molecule has 0 aromatic heterocycles. The van der Waals surface area contributed by atoms with Crippen LogP contribution in [0.25, 0.3) is 12.2 Å². The van der Waals surface area contributed by atoms with E-state index in [1.807, 2.05) is 36.4 Å². The number of benzene rings is 2. The van der Waals surface area contributed by atoms with Crippen LogP contribution >= 0.6 is 0 Å². The fourth-order valence-corrected chi connectivity index (χ4v) is 2.58. The fraction of sp³-hybridized carbons (Fsp3) is 0.385. The Balaban J connectivity index is 0.000000480. The molecule has 0 unspecified atom stereocenters. The third kappa shape index (κ3) is 10.7. The van der Waals surface area contributed by atoms with Crippen LogP contribution in [0.15, 0.2) is 72.2 Å². The molecule has 0 heterocycles. The van der Waals surface area contributed by atoms with Crippen LogP contribution in [0, 0.1) is 0 Å². The summed E-state index contributed by atoms with van der Waals surface area (Å²) in [6.45, 7) is 6.76. The van der Waals surface area contributed by atoms with Crippen LogP contribution in [0.4, 0.5) is 0 Å². The van der Waals surface area contributed by atoms with Crippen LogP contribution in [-0.2, 0) is 4.74 Å². The SMILES string of the molecule is CCC(=Cc1ccccc1)OC(=Cc1ccccc1)CC.CCCCCCO. The minimum atomic E-state index is 0.361. The van der Waals surface area contributed by atoms with Gasteiger partial charge in [-0.15, -0.1) is 0 Å². The minimum Gasteiger partial charge on any atom is -0.466 e. The number of ether oxygens (including phenoxy) is 1. The Morgan fingerprint density at radius 3 is 1.54 bits per heavy atom. The lowest BCUT2D eigenvalue weighted by Crippen LogP contribution is -1.92. The number of allylic oxidation sites excluding steroid dienone is 2. The molecular formula is C26H36O2. The predicted molar refractivity (Wildman–Crippen MR) is 122 cm³/mol. The Labute approximate surface area is 171 Å². The van der Waals surface area contributed by atoms with E-state index in [0.29, 0.717) is 6.61 Å². The van der Waals surface area contributed by atoms with Gasteiger partial charge < -0.3 is 9.84 Å². The molecule has 0 saturated heterocycles. The molecular weight excluding hydrogens is 344 g/mol. The van der Waals surface area contributed by atoms with Gasteiger partial charge in [-0.3, -0.25) is 0 Å². The summed E-state index contributed by atoms with van der Waals surface area (Å²) in [6, 6.07) is 20.6. The summed E-state index contributed by atoms with van der Waals surface area (Å²) < 4.78 is 6.08. The zero-order chi connectivity index (χ0) is 20.5. The van der Waals surface area contributed by atoms with Gasteiger partial charge in [-0.1, -0.05) is 101 Å². The standard InChI is InChI=1S/C20H22O.C6H14O/c1-3-19(15-17-11-7-5-8-12-17)21-20(4-2)16-18-13-9-6-10-14-18;1-2-3-4-5-6-7/h5-16H,3-4H2,1-2H3;7H,2-6H2,1H3. The second kappa shape index (κ2) is 15.7. The van der Waals surface area contributed by atoms with E-state index < -0.39 is 0 Å². The van der Waals surface area contributed by atoms with E-state index >= 15 is 0 Å². The van der Waals surface area contributed by atoms with Crippen molar-refractivity contribution in [3.8, 4) is 0 Å². The third-order valence-electron chi connectivity index (χ3n) is 4.23. The molecule has 0 aliphatic heterocycles. The highest BCUT2D eigenvalue weighted by atomic mass is 16.5. The summed E-state index contributed by atoms with van der Waals surface area (Å²) in [4.78, 5) is 0. The first-order chi connectivity index (χ1) is 13.7. The Morgan fingerprint density at radius 1 is 0.714 bits per heavy atom. The van der Waals surface area contributed by atoms with E-state index in [1.54, 1.807) is 0 Å². The van der Waals surface area contributed by atoms with Crippen molar-refractivity contribution in [1.82, 2.24) is 0 Å². The topological polar surface area (TPSA) is 29.5 Å². The zero-order valence-electron chi connectivity index (χ0n) is 17.7. The van der Waals surface area contributed by atoms with Crippen LogP contribution in [0.3, 0.4) is 0 Å². The maximum absolute atomic E-state index is 8.29. The molecule has 28 heavy (non-hydrogen) atoms. The number of hydrogen-bond acceptors (Lipinski definition) is 2. The van der Waals surface area contributed by atoms with E-state index in [1.165, 1.54) is 30.4 Å². The molecule has 2 heteroatoms. The molecule has 0 fully saturated rings. The number of aliphatic hydroxyl groups excluding tert-OH is 1. The lowest BCUT2D eigenvalue weighted by atomic mass is 10.1. The van der Waals surface area contributed by atoms with E-state index in [9.17, 15) is 0 Å². The molecule has 2 rings (SSSR count). The lowest BCUT2D eigenvalue weighted by Gasteiger charge is -2.11. The molecule has 152 valence electrons. The Hall–Kier alpha value is -2.32. The maximum Gasteiger partial charge on any atom is 0.104 e. The van der Waals surface area contributed by atoms with Crippen molar-refractivity contribution in [1.29, 1.82) is 0 Å². The summed E-state index contributed by atoms with van der Waals surface area (Å²) in [5.74, 6) is 1.98. The van der Waals surface area contributed by atoms with Gasteiger partial charge in [-0.25, -0.2) is 0 Å².